The fraction of sp³-hybridized carbons (Fsp3) is 0.357. The van der Waals surface area contributed by atoms with Crippen molar-refractivity contribution >= 4 is 0 Å². The molecule has 0 spiro atoms. The van der Waals surface area contributed by atoms with Gasteiger partial charge in [0.1, 0.15) is 6.33 Å². The SMILES string of the molecule is CCNC(Cc1cccnc1)c1cc(OC)ncn1. The van der Waals surface area contributed by atoms with Crippen LogP contribution in [0.2, 0.25) is 0 Å². The third kappa shape index (κ3) is 3.72. The zero-order chi connectivity index (χ0) is 13.5. The smallest absolute Gasteiger partial charge is 0.216 e. The molecule has 0 radical (unpaired) electrons. The number of hydrogen-bond acceptors (Lipinski definition) is 5. The number of methoxy groups -OCH3 is 1. The van der Waals surface area contributed by atoms with Crippen molar-refractivity contribution in [2.75, 3.05) is 13.7 Å². The molecule has 2 rings (SSSR count). The maximum absolute atomic E-state index is 5.14. The van der Waals surface area contributed by atoms with Gasteiger partial charge in [-0.1, -0.05) is 13.0 Å². The van der Waals surface area contributed by atoms with Gasteiger partial charge in [0.05, 0.1) is 18.8 Å². The van der Waals surface area contributed by atoms with Crippen LogP contribution in [0.1, 0.15) is 24.2 Å². The second kappa shape index (κ2) is 6.80. The molecule has 2 aromatic heterocycles. The van der Waals surface area contributed by atoms with Gasteiger partial charge in [-0.3, -0.25) is 4.98 Å². The van der Waals surface area contributed by atoms with Gasteiger partial charge in [0.15, 0.2) is 0 Å². The van der Waals surface area contributed by atoms with Crippen molar-refractivity contribution in [1.29, 1.82) is 0 Å². The standard InChI is InChI=1S/C14H18N4O/c1-3-16-12(7-11-5-4-6-15-9-11)13-8-14(19-2)18-10-17-13/h4-6,8-10,12,16H,3,7H2,1-2H3. The van der Waals surface area contributed by atoms with E-state index in [1.807, 2.05) is 18.3 Å². The van der Waals surface area contributed by atoms with Gasteiger partial charge in [0, 0.05) is 18.5 Å². The molecule has 0 saturated heterocycles. The molecule has 1 unspecified atom stereocenters. The monoisotopic (exact) mass is 258 g/mol. The first-order valence-corrected chi connectivity index (χ1v) is 6.31. The summed E-state index contributed by atoms with van der Waals surface area (Å²) in [4.78, 5) is 12.5. The fourth-order valence-corrected chi connectivity index (χ4v) is 1.94. The lowest BCUT2D eigenvalue weighted by atomic mass is 10.0. The van der Waals surface area contributed by atoms with Crippen molar-refractivity contribution in [2.45, 2.75) is 19.4 Å². The molecule has 2 aromatic rings. The van der Waals surface area contributed by atoms with E-state index in [0.29, 0.717) is 5.88 Å². The molecule has 5 heteroatoms. The Hall–Kier alpha value is -2.01. The molecule has 0 fully saturated rings. The summed E-state index contributed by atoms with van der Waals surface area (Å²) in [6, 6.07) is 6.00. The van der Waals surface area contributed by atoms with E-state index < -0.39 is 0 Å². The second-order valence-corrected chi connectivity index (χ2v) is 4.16. The first kappa shape index (κ1) is 13.4. The Morgan fingerprint density at radius 3 is 2.95 bits per heavy atom. The zero-order valence-corrected chi connectivity index (χ0v) is 11.2. The van der Waals surface area contributed by atoms with Gasteiger partial charge in [-0.25, -0.2) is 9.97 Å². The molecule has 19 heavy (non-hydrogen) atoms. The quantitative estimate of drug-likeness (QED) is 0.855. The Bertz CT molecular complexity index is 504. The van der Waals surface area contributed by atoms with E-state index in [2.05, 4.69) is 33.3 Å². The normalized spacial score (nSPS) is 12.1. The minimum absolute atomic E-state index is 0.131. The molecular weight excluding hydrogens is 240 g/mol. The summed E-state index contributed by atoms with van der Waals surface area (Å²) in [5.74, 6) is 0.582. The molecule has 0 aliphatic heterocycles. The number of nitrogens with one attached hydrogen (secondary N) is 1. The minimum atomic E-state index is 0.131. The van der Waals surface area contributed by atoms with E-state index in [4.69, 9.17) is 4.74 Å². The number of nitrogens with zero attached hydrogens (tertiary/aromatic N) is 3. The van der Waals surface area contributed by atoms with E-state index >= 15 is 0 Å². The van der Waals surface area contributed by atoms with Crippen molar-refractivity contribution in [3.63, 3.8) is 0 Å². The number of hydrogen-bond donors (Lipinski definition) is 1. The molecule has 0 bridgehead atoms. The highest BCUT2D eigenvalue weighted by Crippen LogP contribution is 2.18. The van der Waals surface area contributed by atoms with Gasteiger partial charge in [-0.05, 0) is 24.6 Å². The van der Waals surface area contributed by atoms with Crippen LogP contribution in [0.5, 0.6) is 5.88 Å². The van der Waals surface area contributed by atoms with Crippen molar-refractivity contribution in [3.8, 4) is 5.88 Å². The fourth-order valence-electron chi connectivity index (χ4n) is 1.94. The molecule has 5 nitrogen and oxygen atoms in total. The topological polar surface area (TPSA) is 59.9 Å². The zero-order valence-electron chi connectivity index (χ0n) is 11.2. The summed E-state index contributed by atoms with van der Waals surface area (Å²) in [5.41, 5.74) is 2.10. The first-order chi connectivity index (χ1) is 9.33. The molecule has 100 valence electrons. The summed E-state index contributed by atoms with van der Waals surface area (Å²) in [6.45, 7) is 2.95. The highest BCUT2D eigenvalue weighted by Gasteiger charge is 2.13. The largest absolute Gasteiger partial charge is 0.481 e. The van der Waals surface area contributed by atoms with Gasteiger partial charge in [0.2, 0.25) is 5.88 Å². The van der Waals surface area contributed by atoms with Crippen molar-refractivity contribution in [2.24, 2.45) is 0 Å². The highest BCUT2D eigenvalue weighted by molar-refractivity contribution is 5.20. The van der Waals surface area contributed by atoms with Crippen LogP contribution in [0.15, 0.2) is 36.9 Å². The van der Waals surface area contributed by atoms with Gasteiger partial charge >= 0.3 is 0 Å². The molecule has 0 aliphatic carbocycles. The lowest BCUT2D eigenvalue weighted by Crippen LogP contribution is -2.24. The summed E-state index contributed by atoms with van der Waals surface area (Å²) in [5, 5.41) is 3.43. The molecule has 0 amide bonds. The molecule has 1 atom stereocenters. The summed E-state index contributed by atoms with van der Waals surface area (Å²) < 4.78 is 5.14. The number of rotatable bonds is 6. The van der Waals surface area contributed by atoms with Gasteiger partial charge in [-0.2, -0.15) is 0 Å². The molecule has 0 aliphatic rings. The van der Waals surface area contributed by atoms with Gasteiger partial charge < -0.3 is 10.1 Å². The average Bonchev–Trinajstić information content (AvgIpc) is 2.48. The first-order valence-electron chi connectivity index (χ1n) is 6.31. The lowest BCUT2D eigenvalue weighted by Gasteiger charge is -2.17. The van der Waals surface area contributed by atoms with Crippen molar-refractivity contribution < 1.29 is 4.74 Å². The van der Waals surface area contributed by atoms with E-state index in [0.717, 1.165) is 18.7 Å². The Balaban J connectivity index is 2.19. The van der Waals surface area contributed by atoms with E-state index in [1.165, 1.54) is 11.9 Å². The molecule has 0 saturated carbocycles. The summed E-state index contributed by atoms with van der Waals surface area (Å²) >= 11 is 0. The predicted molar refractivity (Wildman–Crippen MR) is 72.9 cm³/mol. The van der Waals surface area contributed by atoms with Crippen LogP contribution in [-0.4, -0.2) is 28.6 Å². The Kier molecular flexibility index (Phi) is 4.80. The van der Waals surface area contributed by atoms with Crippen LogP contribution in [0.25, 0.3) is 0 Å². The molecule has 2 heterocycles. The molecular formula is C14H18N4O. The van der Waals surface area contributed by atoms with Crippen molar-refractivity contribution in [1.82, 2.24) is 20.3 Å². The van der Waals surface area contributed by atoms with Crippen LogP contribution >= 0.6 is 0 Å². The lowest BCUT2D eigenvalue weighted by molar-refractivity contribution is 0.393. The highest BCUT2D eigenvalue weighted by atomic mass is 16.5. The predicted octanol–water partition coefficient (Wildman–Crippen LogP) is 1.77. The van der Waals surface area contributed by atoms with Crippen LogP contribution in [-0.2, 0) is 6.42 Å². The van der Waals surface area contributed by atoms with Gasteiger partial charge in [-0.15, -0.1) is 0 Å². The summed E-state index contributed by atoms with van der Waals surface area (Å²) in [6.07, 6.45) is 6.02. The summed E-state index contributed by atoms with van der Waals surface area (Å²) in [7, 11) is 1.61. The second-order valence-electron chi connectivity index (χ2n) is 4.16. The van der Waals surface area contributed by atoms with E-state index in [-0.39, 0.29) is 6.04 Å². The Morgan fingerprint density at radius 2 is 2.26 bits per heavy atom. The number of ether oxygens (including phenoxy) is 1. The third-order valence-corrected chi connectivity index (χ3v) is 2.84. The van der Waals surface area contributed by atoms with Crippen LogP contribution in [0, 0.1) is 0 Å². The number of likely N-dealkylation sites (N-methyl/N-ethyl adjacent to an activating group) is 1. The minimum Gasteiger partial charge on any atom is -0.481 e. The number of aromatic nitrogens is 3. The third-order valence-electron chi connectivity index (χ3n) is 2.84. The molecule has 0 aromatic carbocycles. The maximum atomic E-state index is 5.14. The average molecular weight is 258 g/mol. The van der Waals surface area contributed by atoms with Gasteiger partial charge in [0.25, 0.3) is 0 Å². The number of pyridine rings is 1. The van der Waals surface area contributed by atoms with Crippen molar-refractivity contribution in [3.05, 3.63) is 48.2 Å². The van der Waals surface area contributed by atoms with Crippen LogP contribution in [0.3, 0.4) is 0 Å². The van der Waals surface area contributed by atoms with Crippen LogP contribution < -0.4 is 10.1 Å². The van der Waals surface area contributed by atoms with Crippen LogP contribution in [0.4, 0.5) is 0 Å². The van der Waals surface area contributed by atoms with E-state index in [9.17, 15) is 0 Å². The Morgan fingerprint density at radius 1 is 1.37 bits per heavy atom. The molecule has 1 N–H and O–H groups in total. The maximum Gasteiger partial charge on any atom is 0.216 e. The Labute approximate surface area is 113 Å². The van der Waals surface area contributed by atoms with E-state index in [1.54, 1.807) is 13.3 Å².